The fourth-order valence-corrected chi connectivity index (χ4v) is 2.14. The summed E-state index contributed by atoms with van der Waals surface area (Å²) in [6.45, 7) is -0.381. The first-order chi connectivity index (χ1) is 11.6. The van der Waals surface area contributed by atoms with E-state index in [1.807, 2.05) is 0 Å². The van der Waals surface area contributed by atoms with Crippen LogP contribution in [0.5, 0.6) is 0 Å². The largest absolute Gasteiger partial charge is 0.465 e. The maximum absolute atomic E-state index is 12.8. The number of alkyl halides is 3. The average Bonchev–Trinajstić information content (AvgIpc) is 2.55. The van der Waals surface area contributed by atoms with E-state index >= 15 is 0 Å². The van der Waals surface area contributed by atoms with Crippen molar-refractivity contribution in [2.24, 2.45) is 0 Å². The first-order valence-electron chi connectivity index (χ1n) is 6.77. The molecule has 132 valence electrons. The Morgan fingerprint density at radius 1 is 1.32 bits per heavy atom. The third-order valence-electron chi connectivity index (χ3n) is 3.29. The van der Waals surface area contributed by atoms with Crippen LogP contribution in [-0.2, 0) is 17.5 Å². The lowest BCUT2D eigenvalue weighted by Crippen LogP contribution is -2.27. The number of carbonyl (C=O) groups is 1. The van der Waals surface area contributed by atoms with Gasteiger partial charge in [0.15, 0.2) is 0 Å². The second-order valence-electron chi connectivity index (χ2n) is 4.99. The molecule has 0 atom stereocenters. The number of nitrogens with zero attached hydrogens (tertiary/aromatic N) is 2. The highest BCUT2D eigenvalue weighted by atomic mass is 19.4. The molecule has 0 aliphatic rings. The number of ether oxygens (including phenoxy) is 1. The van der Waals surface area contributed by atoms with Gasteiger partial charge in [-0.2, -0.15) is 13.2 Å². The fraction of sp³-hybridized carbons (Fsp3) is 0.200. The van der Waals surface area contributed by atoms with E-state index in [1.165, 1.54) is 6.07 Å². The number of aromatic nitrogens is 1. The molecule has 0 aliphatic carbocycles. The Bertz CT molecular complexity index is 889. The number of pyridine rings is 1. The van der Waals surface area contributed by atoms with Crippen LogP contribution >= 0.6 is 0 Å². The van der Waals surface area contributed by atoms with Gasteiger partial charge in [-0.1, -0.05) is 12.1 Å². The van der Waals surface area contributed by atoms with E-state index in [0.717, 1.165) is 42.1 Å². The number of methoxy groups -OCH3 is 1. The Balaban J connectivity index is 2.53. The normalized spacial score (nSPS) is 11.2. The third-order valence-corrected chi connectivity index (χ3v) is 3.29. The molecule has 2 rings (SSSR count). The number of esters is 1. The van der Waals surface area contributed by atoms with E-state index in [1.54, 1.807) is 0 Å². The molecule has 0 aliphatic heterocycles. The molecule has 0 unspecified atom stereocenters. The van der Waals surface area contributed by atoms with Gasteiger partial charge in [-0.05, 0) is 17.7 Å². The van der Waals surface area contributed by atoms with Crippen molar-refractivity contribution in [1.82, 2.24) is 4.57 Å². The van der Waals surface area contributed by atoms with E-state index in [9.17, 15) is 32.9 Å². The van der Waals surface area contributed by atoms with Crippen molar-refractivity contribution in [3.63, 3.8) is 0 Å². The molecule has 2 aromatic rings. The Kier molecular flexibility index (Phi) is 4.91. The standard InChI is InChI=1S/C15H11F3N2O5/c1-25-14(22)12-6-11(20(23)24)8-19(13(12)21)7-9-3-2-4-10(5-9)15(16,17)18/h2-6,8H,7H2,1H3. The van der Waals surface area contributed by atoms with Crippen molar-refractivity contribution in [3.8, 4) is 0 Å². The van der Waals surface area contributed by atoms with E-state index in [4.69, 9.17) is 0 Å². The van der Waals surface area contributed by atoms with Gasteiger partial charge in [0, 0.05) is 6.07 Å². The molecule has 0 saturated carbocycles. The van der Waals surface area contributed by atoms with Crippen LogP contribution in [0.3, 0.4) is 0 Å². The van der Waals surface area contributed by atoms with E-state index < -0.39 is 39.4 Å². The van der Waals surface area contributed by atoms with Crippen LogP contribution in [0.4, 0.5) is 18.9 Å². The van der Waals surface area contributed by atoms with Gasteiger partial charge in [0.25, 0.3) is 11.2 Å². The molecule has 7 nitrogen and oxygen atoms in total. The highest BCUT2D eigenvalue weighted by Crippen LogP contribution is 2.29. The van der Waals surface area contributed by atoms with Crippen LogP contribution in [0.2, 0.25) is 0 Å². The Morgan fingerprint density at radius 3 is 2.56 bits per heavy atom. The summed E-state index contributed by atoms with van der Waals surface area (Å²) in [5.41, 5.74) is -2.88. The number of halogens is 3. The van der Waals surface area contributed by atoms with Gasteiger partial charge in [-0.25, -0.2) is 4.79 Å². The molecular weight excluding hydrogens is 345 g/mol. The zero-order valence-electron chi connectivity index (χ0n) is 12.7. The lowest BCUT2D eigenvalue weighted by molar-refractivity contribution is -0.385. The molecule has 10 heteroatoms. The van der Waals surface area contributed by atoms with Crippen LogP contribution in [0, 0.1) is 10.1 Å². The Hall–Kier alpha value is -3.17. The van der Waals surface area contributed by atoms with Crippen molar-refractivity contribution in [2.75, 3.05) is 7.11 Å². The second-order valence-corrected chi connectivity index (χ2v) is 4.99. The predicted molar refractivity (Wildman–Crippen MR) is 79.2 cm³/mol. The molecule has 0 saturated heterocycles. The van der Waals surface area contributed by atoms with E-state index in [0.29, 0.717) is 0 Å². The molecule has 0 fully saturated rings. The third kappa shape index (κ3) is 4.03. The molecule has 1 aromatic heterocycles. The summed E-state index contributed by atoms with van der Waals surface area (Å²) < 4.78 is 43.4. The minimum Gasteiger partial charge on any atom is -0.465 e. The number of carbonyl (C=O) groups excluding carboxylic acids is 1. The monoisotopic (exact) mass is 356 g/mol. The van der Waals surface area contributed by atoms with Gasteiger partial charge in [0.05, 0.1) is 30.3 Å². The maximum atomic E-state index is 12.8. The fourth-order valence-electron chi connectivity index (χ4n) is 2.14. The Morgan fingerprint density at radius 2 is 2.00 bits per heavy atom. The van der Waals surface area contributed by atoms with E-state index in [-0.39, 0.29) is 12.1 Å². The van der Waals surface area contributed by atoms with Crippen molar-refractivity contribution >= 4 is 11.7 Å². The second kappa shape index (κ2) is 6.75. The number of benzene rings is 1. The molecule has 0 radical (unpaired) electrons. The maximum Gasteiger partial charge on any atom is 0.416 e. The zero-order valence-corrected chi connectivity index (χ0v) is 12.7. The minimum atomic E-state index is -4.57. The summed E-state index contributed by atoms with van der Waals surface area (Å²) in [5, 5.41) is 11.0. The number of rotatable bonds is 4. The zero-order chi connectivity index (χ0) is 18.8. The molecule has 1 aromatic carbocycles. The molecule has 0 N–H and O–H groups in total. The predicted octanol–water partition coefficient (Wildman–Crippen LogP) is 2.61. The van der Waals surface area contributed by atoms with Gasteiger partial charge in [-0.3, -0.25) is 14.9 Å². The smallest absolute Gasteiger partial charge is 0.416 e. The lowest BCUT2D eigenvalue weighted by atomic mass is 10.1. The summed E-state index contributed by atoms with van der Waals surface area (Å²) in [5.74, 6) is -1.08. The average molecular weight is 356 g/mol. The lowest BCUT2D eigenvalue weighted by Gasteiger charge is -2.11. The van der Waals surface area contributed by atoms with Crippen molar-refractivity contribution in [1.29, 1.82) is 0 Å². The van der Waals surface area contributed by atoms with Crippen molar-refractivity contribution < 1.29 is 27.6 Å². The van der Waals surface area contributed by atoms with Crippen LogP contribution in [-0.4, -0.2) is 22.6 Å². The molecule has 0 spiro atoms. The van der Waals surface area contributed by atoms with Crippen LogP contribution in [0.25, 0.3) is 0 Å². The molecule has 25 heavy (non-hydrogen) atoms. The SMILES string of the molecule is COC(=O)c1cc([N+](=O)[O-])cn(Cc2cccc(C(F)(F)F)c2)c1=O. The molecule has 0 amide bonds. The van der Waals surface area contributed by atoms with Gasteiger partial charge in [0.1, 0.15) is 5.56 Å². The first kappa shape index (κ1) is 18.2. The number of hydrogen-bond donors (Lipinski definition) is 0. The number of nitro groups is 1. The van der Waals surface area contributed by atoms with Gasteiger partial charge in [-0.15, -0.1) is 0 Å². The minimum absolute atomic E-state index is 0.0910. The highest BCUT2D eigenvalue weighted by Gasteiger charge is 2.30. The summed E-state index contributed by atoms with van der Waals surface area (Å²) in [7, 11) is 0.998. The summed E-state index contributed by atoms with van der Waals surface area (Å²) >= 11 is 0. The van der Waals surface area contributed by atoms with Crippen LogP contribution in [0.1, 0.15) is 21.5 Å². The van der Waals surface area contributed by atoms with Crippen molar-refractivity contribution in [2.45, 2.75) is 12.7 Å². The topological polar surface area (TPSA) is 91.4 Å². The van der Waals surface area contributed by atoms with Gasteiger partial charge >= 0.3 is 12.1 Å². The van der Waals surface area contributed by atoms with E-state index in [2.05, 4.69) is 4.74 Å². The molecule has 1 heterocycles. The van der Waals surface area contributed by atoms with Crippen molar-refractivity contribution in [3.05, 3.63) is 73.7 Å². The molecular formula is C15H11F3N2O5. The first-order valence-corrected chi connectivity index (χ1v) is 6.77. The summed E-state index contributed by atoms with van der Waals surface area (Å²) in [4.78, 5) is 34.0. The molecule has 0 bridgehead atoms. The highest BCUT2D eigenvalue weighted by molar-refractivity contribution is 5.89. The van der Waals surface area contributed by atoms with Gasteiger partial charge < -0.3 is 9.30 Å². The summed E-state index contributed by atoms with van der Waals surface area (Å²) in [6.07, 6.45) is -3.71. The quantitative estimate of drug-likeness (QED) is 0.477. The summed E-state index contributed by atoms with van der Waals surface area (Å²) in [6, 6.07) is 4.93. The van der Waals surface area contributed by atoms with Gasteiger partial charge in [0.2, 0.25) is 0 Å². The van der Waals surface area contributed by atoms with Crippen LogP contribution in [0.15, 0.2) is 41.3 Å². The Labute approximate surface area is 138 Å². The number of hydrogen-bond acceptors (Lipinski definition) is 5. The van der Waals surface area contributed by atoms with Crippen LogP contribution < -0.4 is 5.56 Å².